The van der Waals surface area contributed by atoms with Crippen LogP contribution in [0.25, 0.3) is 0 Å². The van der Waals surface area contributed by atoms with Crippen molar-refractivity contribution in [2.75, 3.05) is 13.1 Å². The number of unbranched alkanes of at least 4 members (excludes halogenated alkanes) is 1. The highest BCUT2D eigenvalue weighted by Gasteiger charge is 2.32. The summed E-state index contributed by atoms with van der Waals surface area (Å²) in [5.74, 6) is -0.372. The highest BCUT2D eigenvalue weighted by Crippen LogP contribution is 2.15. The Kier molecular flexibility index (Phi) is 10.6. The standard InChI is InChI=1S/C25H39N3O6/c1-5-6-13-20(27-23(31)34-25(2,3)4)22(30)26-19-14-10-15-28(16-21(19)29)24(32)33-17-18-11-8-7-9-12-18/h7-9,11-12,19-21,29H,5-6,10,13-17H2,1-4H3,(H,26,30)(H,27,31). The number of alkyl carbamates (subject to hydrolysis) is 1. The lowest BCUT2D eigenvalue weighted by molar-refractivity contribution is -0.125. The van der Waals surface area contributed by atoms with E-state index < -0.39 is 36.0 Å². The van der Waals surface area contributed by atoms with Gasteiger partial charge in [-0.2, -0.15) is 0 Å². The summed E-state index contributed by atoms with van der Waals surface area (Å²) in [7, 11) is 0. The van der Waals surface area contributed by atoms with Crippen molar-refractivity contribution >= 4 is 18.1 Å². The van der Waals surface area contributed by atoms with Gasteiger partial charge in [-0.15, -0.1) is 0 Å². The smallest absolute Gasteiger partial charge is 0.410 e. The second kappa shape index (κ2) is 13.2. The number of benzene rings is 1. The van der Waals surface area contributed by atoms with Crippen LogP contribution in [-0.4, -0.2) is 65.0 Å². The van der Waals surface area contributed by atoms with Crippen molar-refractivity contribution < 1.29 is 29.0 Å². The predicted molar refractivity (Wildman–Crippen MR) is 128 cm³/mol. The SMILES string of the molecule is CCCCC(NC(=O)OC(C)(C)C)C(=O)NC1CCCN(C(=O)OCc2ccccc2)CC1O. The average molecular weight is 478 g/mol. The van der Waals surface area contributed by atoms with Gasteiger partial charge in [0.15, 0.2) is 0 Å². The first-order chi connectivity index (χ1) is 16.1. The minimum atomic E-state index is -0.955. The molecule has 1 fully saturated rings. The molecule has 3 atom stereocenters. The third-order valence-corrected chi connectivity index (χ3v) is 5.46. The zero-order valence-electron chi connectivity index (χ0n) is 20.7. The summed E-state index contributed by atoms with van der Waals surface area (Å²) < 4.78 is 10.7. The number of aliphatic hydroxyl groups excluding tert-OH is 1. The Morgan fingerprint density at radius 1 is 1.21 bits per heavy atom. The molecule has 2 rings (SSSR count). The molecular weight excluding hydrogens is 438 g/mol. The molecule has 0 spiro atoms. The number of carbonyl (C=O) groups excluding carboxylic acids is 3. The fourth-order valence-electron chi connectivity index (χ4n) is 3.69. The normalized spacial score (nSPS) is 19.5. The molecule has 0 aliphatic carbocycles. The number of likely N-dealkylation sites (tertiary alicyclic amines) is 1. The Balaban J connectivity index is 1.92. The van der Waals surface area contributed by atoms with Crippen molar-refractivity contribution in [3.8, 4) is 0 Å². The van der Waals surface area contributed by atoms with Crippen LogP contribution in [0.1, 0.15) is 65.4 Å². The molecule has 1 aromatic carbocycles. The third-order valence-electron chi connectivity index (χ3n) is 5.46. The number of nitrogens with one attached hydrogen (secondary N) is 2. The summed E-state index contributed by atoms with van der Waals surface area (Å²) in [6.07, 6.45) is 1.07. The topological polar surface area (TPSA) is 117 Å². The molecule has 0 aromatic heterocycles. The molecule has 0 saturated carbocycles. The van der Waals surface area contributed by atoms with E-state index in [2.05, 4.69) is 10.6 Å². The van der Waals surface area contributed by atoms with Gasteiger partial charge in [0, 0.05) is 6.54 Å². The number of hydrogen-bond acceptors (Lipinski definition) is 6. The second-order valence-corrected chi connectivity index (χ2v) is 9.65. The quantitative estimate of drug-likeness (QED) is 0.529. The molecule has 9 heteroatoms. The Hall–Kier alpha value is -2.81. The van der Waals surface area contributed by atoms with Gasteiger partial charge in [0.2, 0.25) is 5.91 Å². The minimum absolute atomic E-state index is 0.0533. The minimum Gasteiger partial charge on any atom is -0.445 e. The van der Waals surface area contributed by atoms with Crippen LogP contribution in [0.2, 0.25) is 0 Å². The Morgan fingerprint density at radius 2 is 1.91 bits per heavy atom. The highest BCUT2D eigenvalue weighted by atomic mass is 16.6. The van der Waals surface area contributed by atoms with Gasteiger partial charge in [-0.25, -0.2) is 9.59 Å². The maximum absolute atomic E-state index is 13.0. The number of hydrogen-bond donors (Lipinski definition) is 3. The van der Waals surface area contributed by atoms with Crippen molar-refractivity contribution in [2.45, 2.75) is 90.2 Å². The van der Waals surface area contributed by atoms with E-state index >= 15 is 0 Å². The summed E-state index contributed by atoms with van der Waals surface area (Å²) in [6, 6.07) is 8.07. The van der Waals surface area contributed by atoms with Crippen molar-refractivity contribution in [3.63, 3.8) is 0 Å². The number of amides is 3. The Bertz CT molecular complexity index is 796. The van der Waals surface area contributed by atoms with Crippen molar-refractivity contribution in [3.05, 3.63) is 35.9 Å². The molecule has 3 N–H and O–H groups in total. The molecule has 1 aliphatic rings. The molecule has 9 nitrogen and oxygen atoms in total. The third kappa shape index (κ3) is 9.59. The molecule has 3 unspecified atom stereocenters. The highest BCUT2D eigenvalue weighted by molar-refractivity contribution is 5.86. The lowest BCUT2D eigenvalue weighted by Gasteiger charge is -2.27. The van der Waals surface area contributed by atoms with Gasteiger partial charge in [0.25, 0.3) is 0 Å². The van der Waals surface area contributed by atoms with Crippen LogP contribution in [0, 0.1) is 0 Å². The second-order valence-electron chi connectivity index (χ2n) is 9.65. The van der Waals surface area contributed by atoms with E-state index in [0.717, 1.165) is 18.4 Å². The van der Waals surface area contributed by atoms with Crippen LogP contribution < -0.4 is 10.6 Å². The predicted octanol–water partition coefficient (Wildman–Crippen LogP) is 3.35. The van der Waals surface area contributed by atoms with E-state index in [1.54, 1.807) is 20.8 Å². The van der Waals surface area contributed by atoms with E-state index in [1.165, 1.54) is 4.90 Å². The number of nitrogens with zero attached hydrogens (tertiary/aromatic N) is 1. The van der Waals surface area contributed by atoms with Gasteiger partial charge in [-0.1, -0.05) is 50.1 Å². The van der Waals surface area contributed by atoms with Crippen LogP contribution in [0.15, 0.2) is 30.3 Å². The van der Waals surface area contributed by atoms with Crippen LogP contribution in [0.4, 0.5) is 9.59 Å². The number of aliphatic hydroxyl groups is 1. The van der Waals surface area contributed by atoms with Crippen LogP contribution in [-0.2, 0) is 20.9 Å². The summed E-state index contributed by atoms with van der Waals surface area (Å²) in [5.41, 5.74) is 0.207. The summed E-state index contributed by atoms with van der Waals surface area (Å²) in [4.78, 5) is 39.1. The zero-order valence-corrected chi connectivity index (χ0v) is 20.7. The van der Waals surface area contributed by atoms with Gasteiger partial charge in [-0.3, -0.25) is 4.79 Å². The molecule has 1 saturated heterocycles. The number of rotatable bonds is 8. The van der Waals surface area contributed by atoms with Gasteiger partial charge in [0.05, 0.1) is 18.7 Å². The fourth-order valence-corrected chi connectivity index (χ4v) is 3.69. The van der Waals surface area contributed by atoms with Crippen molar-refractivity contribution in [2.24, 2.45) is 0 Å². The first-order valence-corrected chi connectivity index (χ1v) is 12.0. The fraction of sp³-hybridized carbons (Fsp3) is 0.640. The van der Waals surface area contributed by atoms with Crippen LogP contribution in [0.5, 0.6) is 0 Å². The zero-order chi connectivity index (χ0) is 25.1. The molecule has 3 amide bonds. The monoisotopic (exact) mass is 477 g/mol. The lowest BCUT2D eigenvalue weighted by atomic mass is 10.0. The first-order valence-electron chi connectivity index (χ1n) is 12.0. The van der Waals surface area contributed by atoms with Gasteiger partial charge < -0.3 is 30.1 Å². The maximum Gasteiger partial charge on any atom is 0.410 e. The van der Waals surface area contributed by atoms with Crippen molar-refractivity contribution in [1.29, 1.82) is 0 Å². The maximum atomic E-state index is 13.0. The molecule has 1 aliphatic heterocycles. The number of β-amino-alcohol motifs (C(OH)–C–C–N with tert-alkyl or cyclic N) is 1. The van der Waals surface area contributed by atoms with Crippen LogP contribution in [0.3, 0.4) is 0 Å². The lowest BCUT2D eigenvalue weighted by Crippen LogP contribution is -2.54. The first kappa shape index (κ1) is 27.4. The molecule has 1 aromatic rings. The number of carbonyl (C=O) groups is 3. The average Bonchev–Trinajstić information content (AvgIpc) is 2.95. The van der Waals surface area contributed by atoms with Gasteiger partial charge in [-0.05, 0) is 45.6 Å². The summed E-state index contributed by atoms with van der Waals surface area (Å²) in [5, 5.41) is 16.2. The molecule has 190 valence electrons. The Labute approximate surface area is 202 Å². The van der Waals surface area contributed by atoms with E-state index in [4.69, 9.17) is 9.47 Å². The molecule has 1 heterocycles. The van der Waals surface area contributed by atoms with E-state index in [-0.39, 0.29) is 19.1 Å². The molecule has 0 bridgehead atoms. The summed E-state index contributed by atoms with van der Waals surface area (Å²) in [6.45, 7) is 7.90. The van der Waals surface area contributed by atoms with Gasteiger partial charge in [0.1, 0.15) is 18.2 Å². The van der Waals surface area contributed by atoms with Crippen LogP contribution >= 0.6 is 0 Å². The van der Waals surface area contributed by atoms with Gasteiger partial charge >= 0.3 is 12.2 Å². The molecular formula is C25H39N3O6. The summed E-state index contributed by atoms with van der Waals surface area (Å²) >= 11 is 0. The van der Waals surface area contributed by atoms with E-state index in [1.807, 2.05) is 37.3 Å². The van der Waals surface area contributed by atoms with E-state index in [0.29, 0.717) is 25.8 Å². The van der Waals surface area contributed by atoms with Crippen molar-refractivity contribution in [1.82, 2.24) is 15.5 Å². The largest absolute Gasteiger partial charge is 0.445 e. The number of ether oxygens (including phenoxy) is 2. The Morgan fingerprint density at radius 3 is 2.56 bits per heavy atom. The molecule has 0 radical (unpaired) electrons. The van der Waals surface area contributed by atoms with E-state index in [9.17, 15) is 19.5 Å². The molecule has 34 heavy (non-hydrogen) atoms.